The molecule has 0 aromatic rings. The zero-order valence-corrected chi connectivity index (χ0v) is 12.9. The molecule has 8 nitrogen and oxygen atoms in total. The first-order chi connectivity index (χ1) is 10.5. The maximum Gasteiger partial charge on any atom is 0.306 e. The van der Waals surface area contributed by atoms with Crippen molar-refractivity contribution >= 4 is 23.9 Å². The van der Waals surface area contributed by atoms with Gasteiger partial charge in [0.1, 0.15) is 26.4 Å². The Kier molecular flexibility index (Phi) is 11.4. The lowest BCUT2D eigenvalue weighted by molar-refractivity contribution is -0.155. The van der Waals surface area contributed by atoms with Crippen LogP contribution in [0.4, 0.5) is 0 Å². The van der Waals surface area contributed by atoms with Crippen LogP contribution in [-0.4, -0.2) is 50.3 Å². The van der Waals surface area contributed by atoms with Gasteiger partial charge < -0.3 is 18.9 Å². The van der Waals surface area contributed by atoms with Gasteiger partial charge in [0.25, 0.3) is 0 Å². The summed E-state index contributed by atoms with van der Waals surface area (Å²) in [4.78, 5) is 44.2. The van der Waals surface area contributed by atoms with Crippen LogP contribution in [0.1, 0.15) is 39.5 Å². The number of rotatable bonds is 11. The molecule has 0 fully saturated rings. The minimum atomic E-state index is -0.582. The van der Waals surface area contributed by atoms with Gasteiger partial charge in [0, 0.05) is 12.8 Å². The Hall–Kier alpha value is -2.12. The molecule has 0 aliphatic heterocycles. The van der Waals surface area contributed by atoms with Crippen molar-refractivity contribution in [3.05, 3.63) is 0 Å². The summed E-state index contributed by atoms with van der Waals surface area (Å²) >= 11 is 0. The predicted molar refractivity (Wildman–Crippen MR) is 73.7 cm³/mol. The smallest absolute Gasteiger partial charge is 0.306 e. The molecule has 0 aromatic carbocycles. The van der Waals surface area contributed by atoms with Crippen LogP contribution in [0.3, 0.4) is 0 Å². The lowest BCUT2D eigenvalue weighted by atomic mass is 10.3. The molecule has 126 valence electrons. The first kappa shape index (κ1) is 19.9. The van der Waals surface area contributed by atoms with E-state index in [0.29, 0.717) is 0 Å². The Bertz CT molecular complexity index is 341. The van der Waals surface area contributed by atoms with E-state index in [2.05, 4.69) is 0 Å². The van der Waals surface area contributed by atoms with Gasteiger partial charge in [-0.3, -0.25) is 19.2 Å². The van der Waals surface area contributed by atoms with Crippen molar-refractivity contribution < 1.29 is 38.1 Å². The molecule has 8 heteroatoms. The molecule has 0 atom stereocenters. The fourth-order valence-corrected chi connectivity index (χ4v) is 1.17. The predicted octanol–water partition coefficient (Wildman–Crippen LogP) is 0.759. The molecule has 0 N–H and O–H groups in total. The van der Waals surface area contributed by atoms with E-state index in [0.717, 1.165) is 0 Å². The van der Waals surface area contributed by atoms with E-state index in [1.165, 1.54) is 0 Å². The highest BCUT2D eigenvalue weighted by Crippen LogP contribution is 1.97. The van der Waals surface area contributed by atoms with Crippen molar-refractivity contribution in [1.82, 2.24) is 0 Å². The molecule has 0 spiro atoms. The van der Waals surface area contributed by atoms with Crippen LogP contribution in [0.5, 0.6) is 0 Å². The number of ether oxygens (including phenoxy) is 4. The molecule has 0 heterocycles. The normalized spacial score (nSPS) is 9.73. The van der Waals surface area contributed by atoms with Crippen LogP contribution in [0.15, 0.2) is 0 Å². The lowest BCUT2D eigenvalue weighted by Gasteiger charge is -2.06. The highest BCUT2D eigenvalue weighted by atomic mass is 16.6. The number of hydrogen-bond acceptors (Lipinski definition) is 8. The number of esters is 4. The molecule has 0 amide bonds. The standard InChI is InChI=1S/C14H22O8/c1-3-11(15)19-7-9-21-13(17)5-6-14(18)22-10-8-20-12(16)4-2/h3-10H2,1-2H3. The lowest BCUT2D eigenvalue weighted by Crippen LogP contribution is -2.16. The number of carbonyl (C=O) groups is 4. The summed E-state index contributed by atoms with van der Waals surface area (Å²) in [6, 6.07) is 0. The Balaban J connectivity index is 3.54. The molecule has 0 bridgehead atoms. The summed E-state index contributed by atoms with van der Waals surface area (Å²) in [6.45, 7) is 3.20. The van der Waals surface area contributed by atoms with E-state index in [1.807, 2.05) is 0 Å². The molecule has 0 rings (SSSR count). The minimum Gasteiger partial charge on any atom is -0.462 e. The maximum absolute atomic E-state index is 11.3. The van der Waals surface area contributed by atoms with Crippen LogP contribution >= 0.6 is 0 Å². The molecule has 0 saturated heterocycles. The SMILES string of the molecule is CCC(=O)OCCOC(=O)CCC(=O)OCCOC(=O)CC. The van der Waals surface area contributed by atoms with E-state index in [9.17, 15) is 19.2 Å². The highest BCUT2D eigenvalue weighted by Gasteiger charge is 2.10. The number of hydrogen-bond donors (Lipinski definition) is 0. The van der Waals surface area contributed by atoms with E-state index in [1.54, 1.807) is 13.8 Å². The van der Waals surface area contributed by atoms with Crippen LogP contribution in [0.25, 0.3) is 0 Å². The minimum absolute atomic E-state index is 0.00828. The fourth-order valence-electron chi connectivity index (χ4n) is 1.17. The average molecular weight is 318 g/mol. The van der Waals surface area contributed by atoms with E-state index >= 15 is 0 Å². The van der Waals surface area contributed by atoms with Gasteiger partial charge in [0.15, 0.2) is 0 Å². The summed E-state index contributed by atoms with van der Waals surface area (Å²) in [5.41, 5.74) is 0. The average Bonchev–Trinajstić information content (AvgIpc) is 2.52. The largest absolute Gasteiger partial charge is 0.462 e. The molecular weight excluding hydrogens is 296 g/mol. The van der Waals surface area contributed by atoms with E-state index < -0.39 is 11.9 Å². The van der Waals surface area contributed by atoms with Crippen molar-refractivity contribution in [1.29, 1.82) is 0 Å². The molecule has 0 saturated carbocycles. The highest BCUT2D eigenvalue weighted by molar-refractivity contribution is 5.77. The van der Waals surface area contributed by atoms with Crippen molar-refractivity contribution in [3.63, 3.8) is 0 Å². The summed E-state index contributed by atoms with van der Waals surface area (Å²) in [5.74, 6) is -1.91. The molecule has 0 aliphatic carbocycles. The molecule has 0 unspecified atom stereocenters. The Morgan fingerprint density at radius 2 is 0.818 bits per heavy atom. The molecule has 0 aromatic heterocycles. The van der Waals surface area contributed by atoms with Crippen molar-refractivity contribution in [2.24, 2.45) is 0 Å². The second-order valence-corrected chi connectivity index (χ2v) is 4.09. The third-order valence-electron chi connectivity index (χ3n) is 2.33. The third-order valence-corrected chi connectivity index (χ3v) is 2.33. The van der Waals surface area contributed by atoms with Crippen LogP contribution < -0.4 is 0 Å². The topological polar surface area (TPSA) is 105 Å². The number of carbonyl (C=O) groups excluding carboxylic acids is 4. The Morgan fingerprint density at radius 3 is 1.09 bits per heavy atom. The second kappa shape index (κ2) is 12.6. The summed E-state index contributed by atoms with van der Waals surface area (Å²) in [6.07, 6.45) is 0.255. The Morgan fingerprint density at radius 1 is 0.545 bits per heavy atom. The second-order valence-electron chi connectivity index (χ2n) is 4.09. The van der Waals surface area contributed by atoms with Gasteiger partial charge in [-0.2, -0.15) is 0 Å². The van der Waals surface area contributed by atoms with Gasteiger partial charge in [-0.1, -0.05) is 13.8 Å². The summed E-state index contributed by atoms with van der Waals surface area (Å²) < 4.78 is 19.0. The van der Waals surface area contributed by atoms with Crippen LogP contribution in [0.2, 0.25) is 0 Å². The zero-order chi connectivity index (χ0) is 16.8. The van der Waals surface area contributed by atoms with Crippen LogP contribution in [-0.2, 0) is 38.1 Å². The zero-order valence-electron chi connectivity index (χ0n) is 12.9. The van der Waals surface area contributed by atoms with Gasteiger partial charge in [0.2, 0.25) is 0 Å². The first-order valence-corrected chi connectivity index (χ1v) is 7.12. The van der Waals surface area contributed by atoms with Crippen LogP contribution in [0, 0.1) is 0 Å². The quantitative estimate of drug-likeness (QED) is 0.312. The summed E-state index contributed by atoms with van der Waals surface area (Å²) in [7, 11) is 0. The maximum atomic E-state index is 11.3. The van der Waals surface area contributed by atoms with Crippen molar-refractivity contribution in [2.75, 3.05) is 26.4 Å². The Labute approximate surface area is 129 Å². The molecular formula is C14H22O8. The fraction of sp³-hybridized carbons (Fsp3) is 0.714. The monoisotopic (exact) mass is 318 g/mol. The van der Waals surface area contributed by atoms with E-state index in [-0.39, 0.29) is 64.0 Å². The van der Waals surface area contributed by atoms with E-state index in [4.69, 9.17) is 18.9 Å². The summed E-state index contributed by atoms with van der Waals surface area (Å²) in [5, 5.41) is 0. The van der Waals surface area contributed by atoms with Gasteiger partial charge in [-0.15, -0.1) is 0 Å². The van der Waals surface area contributed by atoms with Gasteiger partial charge in [0.05, 0.1) is 12.8 Å². The van der Waals surface area contributed by atoms with Crippen molar-refractivity contribution in [3.8, 4) is 0 Å². The molecule has 0 aliphatic rings. The molecule has 0 radical (unpaired) electrons. The van der Waals surface area contributed by atoms with Gasteiger partial charge in [-0.05, 0) is 0 Å². The van der Waals surface area contributed by atoms with Gasteiger partial charge >= 0.3 is 23.9 Å². The first-order valence-electron chi connectivity index (χ1n) is 7.12. The third kappa shape index (κ3) is 11.7. The van der Waals surface area contributed by atoms with Crippen molar-refractivity contribution in [2.45, 2.75) is 39.5 Å². The van der Waals surface area contributed by atoms with Gasteiger partial charge in [-0.25, -0.2) is 0 Å². The molecule has 22 heavy (non-hydrogen) atoms.